The summed E-state index contributed by atoms with van der Waals surface area (Å²) in [5, 5.41) is 12.6. The fourth-order valence-corrected chi connectivity index (χ4v) is 2.53. The molecule has 0 amide bonds. The number of hydrogen-bond donors (Lipinski definition) is 1. The number of aromatic nitrogens is 1. The van der Waals surface area contributed by atoms with E-state index in [0.717, 1.165) is 27.2 Å². The van der Waals surface area contributed by atoms with E-state index in [1.54, 1.807) is 18.2 Å². The molecule has 0 spiro atoms. The molecule has 1 aromatic heterocycles. The monoisotopic (exact) mass is 261 g/mol. The molecule has 0 atom stereocenters. The molecule has 0 radical (unpaired) electrons. The highest BCUT2D eigenvalue weighted by atomic mass is 16.3. The summed E-state index contributed by atoms with van der Waals surface area (Å²) in [6.07, 6.45) is 3.66. The highest BCUT2D eigenvalue weighted by molar-refractivity contribution is 5.85. The van der Waals surface area contributed by atoms with Crippen molar-refractivity contribution in [3.8, 4) is 11.4 Å². The minimum Gasteiger partial charge on any atom is -0.508 e. The maximum absolute atomic E-state index is 9.72. The molecule has 0 bridgehead atoms. The molecule has 0 unspecified atom stereocenters. The Kier molecular flexibility index (Phi) is 2.92. The van der Waals surface area contributed by atoms with E-state index >= 15 is 0 Å². The molecular formula is C18H15NO. The Bertz CT molecular complexity index is 889. The highest BCUT2D eigenvalue weighted by Gasteiger charge is 2.08. The molecule has 0 aliphatic rings. The van der Waals surface area contributed by atoms with Crippen molar-refractivity contribution in [3.63, 3.8) is 0 Å². The van der Waals surface area contributed by atoms with Gasteiger partial charge >= 0.3 is 0 Å². The number of benzene rings is 2. The summed E-state index contributed by atoms with van der Waals surface area (Å²) in [5.41, 5.74) is 2.07. The van der Waals surface area contributed by atoms with Crippen molar-refractivity contribution in [3.05, 3.63) is 71.8 Å². The van der Waals surface area contributed by atoms with Crippen LogP contribution in [-0.2, 0) is 0 Å². The average molecular weight is 261 g/mol. The second-order valence-electron chi connectivity index (χ2n) is 4.64. The molecule has 2 nitrogen and oxygen atoms in total. The van der Waals surface area contributed by atoms with E-state index in [0.29, 0.717) is 0 Å². The van der Waals surface area contributed by atoms with Crippen LogP contribution in [0, 0.1) is 0 Å². The number of aromatic hydroxyl groups is 1. The Morgan fingerprint density at radius 2 is 1.80 bits per heavy atom. The van der Waals surface area contributed by atoms with E-state index < -0.39 is 0 Å². The quantitative estimate of drug-likeness (QED) is 0.754. The van der Waals surface area contributed by atoms with Crippen molar-refractivity contribution in [2.24, 2.45) is 0 Å². The standard InChI is InChI=1S/C18H15NO/c1-3-7-16-13(2)19(14-8-5-4-6-9-14)18-11-10-15(20)12-17(16)18/h3-12,20H,1-2H2/b16-7+. The van der Waals surface area contributed by atoms with Crippen LogP contribution in [-0.4, -0.2) is 9.67 Å². The van der Waals surface area contributed by atoms with Crippen LogP contribution in [0.15, 0.2) is 61.2 Å². The van der Waals surface area contributed by atoms with E-state index in [-0.39, 0.29) is 5.75 Å². The van der Waals surface area contributed by atoms with Gasteiger partial charge in [-0.15, -0.1) is 0 Å². The number of fused-ring (bicyclic) bond motifs is 1. The first-order valence-electron chi connectivity index (χ1n) is 6.43. The third-order valence-corrected chi connectivity index (χ3v) is 3.39. The molecular weight excluding hydrogens is 246 g/mol. The van der Waals surface area contributed by atoms with Crippen molar-refractivity contribution < 1.29 is 5.11 Å². The van der Waals surface area contributed by atoms with Gasteiger partial charge in [0.05, 0.1) is 5.52 Å². The zero-order valence-corrected chi connectivity index (χ0v) is 11.1. The molecule has 98 valence electrons. The molecule has 1 heterocycles. The van der Waals surface area contributed by atoms with E-state index in [1.807, 2.05) is 42.5 Å². The normalized spacial score (nSPS) is 11.9. The maximum Gasteiger partial charge on any atom is 0.116 e. The molecule has 0 aliphatic heterocycles. The second-order valence-corrected chi connectivity index (χ2v) is 4.64. The molecule has 0 aliphatic carbocycles. The molecule has 3 rings (SSSR count). The number of hydrogen-bond acceptors (Lipinski definition) is 1. The van der Waals surface area contributed by atoms with Crippen molar-refractivity contribution in [1.29, 1.82) is 0 Å². The summed E-state index contributed by atoms with van der Waals surface area (Å²) >= 11 is 0. The van der Waals surface area contributed by atoms with Crippen molar-refractivity contribution >= 4 is 23.6 Å². The molecule has 2 aromatic carbocycles. The van der Waals surface area contributed by atoms with Crippen molar-refractivity contribution in [1.82, 2.24) is 4.57 Å². The highest BCUT2D eigenvalue weighted by Crippen LogP contribution is 2.19. The number of phenolic OH excluding ortho intramolecular Hbond substituents is 1. The Hall–Kier alpha value is -2.74. The van der Waals surface area contributed by atoms with E-state index in [9.17, 15) is 5.11 Å². The predicted octanol–water partition coefficient (Wildman–Crippen LogP) is 2.71. The zero-order valence-electron chi connectivity index (χ0n) is 11.1. The Morgan fingerprint density at radius 1 is 1.05 bits per heavy atom. The third kappa shape index (κ3) is 1.82. The van der Waals surface area contributed by atoms with Gasteiger partial charge in [-0.3, -0.25) is 0 Å². The summed E-state index contributed by atoms with van der Waals surface area (Å²) in [6, 6.07) is 15.4. The van der Waals surface area contributed by atoms with Crippen LogP contribution in [0.4, 0.5) is 0 Å². The molecule has 20 heavy (non-hydrogen) atoms. The molecule has 1 N–H and O–H groups in total. The fourth-order valence-electron chi connectivity index (χ4n) is 2.53. The van der Waals surface area contributed by atoms with E-state index in [1.165, 1.54) is 0 Å². The van der Waals surface area contributed by atoms with Gasteiger partial charge in [-0.2, -0.15) is 0 Å². The zero-order chi connectivity index (χ0) is 14.1. The van der Waals surface area contributed by atoms with Crippen LogP contribution in [0.3, 0.4) is 0 Å². The lowest BCUT2D eigenvalue weighted by Gasteiger charge is -2.05. The largest absolute Gasteiger partial charge is 0.508 e. The van der Waals surface area contributed by atoms with Gasteiger partial charge < -0.3 is 9.67 Å². The van der Waals surface area contributed by atoms with Crippen LogP contribution in [0.25, 0.3) is 29.2 Å². The van der Waals surface area contributed by atoms with Gasteiger partial charge in [-0.1, -0.05) is 43.5 Å². The van der Waals surface area contributed by atoms with Gasteiger partial charge in [0.15, 0.2) is 0 Å². The molecule has 0 saturated carbocycles. The average Bonchev–Trinajstić information content (AvgIpc) is 2.73. The Labute approximate surface area is 117 Å². The third-order valence-electron chi connectivity index (χ3n) is 3.39. The SMILES string of the molecule is C=C/C=c1\c(=C)n(-c2ccccc2)c2ccc(O)cc12. The molecule has 2 heteroatoms. The van der Waals surface area contributed by atoms with Crippen molar-refractivity contribution in [2.75, 3.05) is 0 Å². The van der Waals surface area contributed by atoms with Crippen LogP contribution in [0.5, 0.6) is 5.75 Å². The number of para-hydroxylation sites is 1. The Balaban J connectivity index is 2.51. The first-order chi connectivity index (χ1) is 9.72. The summed E-state index contributed by atoms with van der Waals surface area (Å²) in [5.74, 6) is 0.251. The lowest BCUT2D eigenvalue weighted by molar-refractivity contribution is 0.476. The molecule has 3 aromatic rings. The van der Waals surface area contributed by atoms with Crippen LogP contribution in [0.1, 0.15) is 0 Å². The van der Waals surface area contributed by atoms with Crippen molar-refractivity contribution in [2.45, 2.75) is 0 Å². The van der Waals surface area contributed by atoms with E-state index in [2.05, 4.69) is 17.7 Å². The first-order valence-corrected chi connectivity index (χ1v) is 6.43. The fraction of sp³-hybridized carbons (Fsp3) is 0. The minimum absolute atomic E-state index is 0.251. The number of rotatable bonds is 2. The maximum atomic E-state index is 9.72. The second kappa shape index (κ2) is 4.74. The first kappa shape index (κ1) is 12.3. The number of nitrogens with zero attached hydrogens (tertiary/aromatic N) is 1. The van der Waals surface area contributed by atoms with Gasteiger partial charge in [0.2, 0.25) is 0 Å². The van der Waals surface area contributed by atoms with E-state index in [4.69, 9.17) is 0 Å². The predicted molar refractivity (Wildman–Crippen MR) is 84.4 cm³/mol. The summed E-state index contributed by atoms with van der Waals surface area (Å²) in [4.78, 5) is 0. The molecule has 0 saturated heterocycles. The van der Waals surface area contributed by atoms with Gasteiger partial charge in [-0.25, -0.2) is 0 Å². The lowest BCUT2D eigenvalue weighted by atomic mass is 10.2. The lowest BCUT2D eigenvalue weighted by Crippen LogP contribution is -2.26. The number of phenols is 1. The number of allylic oxidation sites excluding steroid dienone is 1. The summed E-state index contributed by atoms with van der Waals surface area (Å²) in [6.45, 7) is 7.94. The smallest absolute Gasteiger partial charge is 0.116 e. The topological polar surface area (TPSA) is 25.2 Å². The summed E-state index contributed by atoms with van der Waals surface area (Å²) < 4.78 is 2.09. The van der Waals surface area contributed by atoms with Gasteiger partial charge in [0.25, 0.3) is 0 Å². The molecule has 0 fully saturated rings. The van der Waals surface area contributed by atoms with Crippen LogP contribution in [0.2, 0.25) is 0 Å². The van der Waals surface area contributed by atoms with Crippen LogP contribution >= 0.6 is 0 Å². The van der Waals surface area contributed by atoms with Gasteiger partial charge in [0.1, 0.15) is 5.75 Å². The summed E-state index contributed by atoms with van der Waals surface area (Å²) in [7, 11) is 0. The Morgan fingerprint density at radius 3 is 2.50 bits per heavy atom. The van der Waals surface area contributed by atoms with Gasteiger partial charge in [-0.05, 0) is 30.3 Å². The van der Waals surface area contributed by atoms with Gasteiger partial charge in [0, 0.05) is 21.6 Å². The van der Waals surface area contributed by atoms with Crippen LogP contribution < -0.4 is 10.6 Å². The minimum atomic E-state index is 0.251.